The molecule has 0 unspecified atom stereocenters. The van der Waals surface area contributed by atoms with Crippen LogP contribution in [-0.2, 0) is 4.74 Å². The van der Waals surface area contributed by atoms with E-state index in [1.54, 1.807) is 0 Å². The van der Waals surface area contributed by atoms with E-state index in [2.05, 4.69) is 22.3 Å². The molecule has 0 saturated heterocycles. The van der Waals surface area contributed by atoms with E-state index in [0.29, 0.717) is 0 Å². The second-order valence-corrected chi connectivity index (χ2v) is 4.39. The van der Waals surface area contributed by atoms with E-state index in [-0.39, 0.29) is 11.6 Å². The molecule has 0 radical (unpaired) electrons. The molecule has 0 aromatic rings. The van der Waals surface area contributed by atoms with Crippen molar-refractivity contribution in [2.45, 2.75) is 11.9 Å². The summed E-state index contributed by atoms with van der Waals surface area (Å²) >= 11 is 3.82. The maximum atomic E-state index is 13.6. The van der Waals surface area contributed by atoms with Crippen molar-refractivity contribution in [2.24, 2.45) is 0 Å². The number of esters is 1. The lowest BCUT2D eigenvalue weighted by atomic mass is 10.0. The summed E-state index contributed by atoms with van der Waals surface area (Å²) in [4.78, 5) is 25.4. The monoisotopic (exact) mass is 319 g/mol. The Morgan fingerprint density at radius 3 is 2.48 bits per heavy atom. The average Bonchev–Trinajstić information content (AvgIpc) is 2.42. The van der Waals surface area contributed by atoms with Crippen molar-refractivity contribution >= 4 is 18.6 Å². The molecule has 0 atom stereocenters. The first-order valence-corrected chi connectivity index (χ1v) is 6.07. The first-order chi connectivity index (χ1) is 9.81. The van der Waals surface area contributed by atoms with Crippen molar-refractivity contribution in [3.05, 3.63) is 33.2 Å². The van der Waals surface area contributed by atoms with Crippen LogP contribution in [0.25, 0.3) is 11.3 Å². The molecule has 2 N–H and O–H groups in total. The highest BCUT2D eigenvalue weighted by atomic mass is 32.1. The summed E-state index contributed by atoms with van der Waals surface area (Å²) in [5, 5.41) is 9.56. The zero-order valence-corrected chi connectivity index (χ0v) is 11.4. The third-order valence-electron chi connectivity index (χ3n) is 2.71. The molecule has 21 heavy (non-hydrogen) atoms. The minimum Gasteiger partial charge on any atom is -0.506 e. The fraction of sp³-hybridized carbons (Fsp3) is 0.167. The Hall–Kier alpha value is -2.16. The molecule has 1 aliphatic heterocycles. The molecule has 2 aliphatic rings. The molecule has 5 nitrogen and oxygen atoms in total. The molecule has 0 aromatic heterocycles. The first-order valence-electron chi connectivity index (χ1n) is 5.62. The Morgan fingerprint density at radius 2 is 1.90 bits per heavy atom. The quantitative estimate of drug-likeness (QED) is 0.450. The van der Waals surface area contributed by atoms with Crippen molar-refractivity contribution in [1.82, 2.24) is 4.98 Å². The summed E-state index contributed by atoms with van der Waals surface area (Å²) < 4.78 is 44.8. The molecule has 9 heteroatoms. The van der Waals surface area contributed by atoms with E-state index in [9.17, 15) is 27.9 Å². The number of halogens is 3. The predicted octanol–water partition coefficient (Wildman–Crippen LogP) is 2.07. The zero-order valence-electron chi connectivity index (χ0n) is 10.5. The number of fused-ring (bicyclic) bond motifs is 1. The van der Waals surface area contributed by atoms with Gasteiger partial charge in [-0.2, -0.15) is 4.39 Å². The van der Waals surface area contributed by atoms with Crippen LogP contribution in [0.1, 0.15) is 17.3 Å². The van der Waals surface area contributed by atoms with Gasteiger partial charge in [0.2, 0.25) is 17.1 Å². The number of ether oxygens (including phenoxy) is 1. The van der Waals surface area contributed by atoms with Gasteiger partial charge in [-0.3, -0.25) is 4.79 Å². The fourth-order valence-electron chi connectivity index (χ4n) is 1.80. The number of nitrogens with one attached hydrogen (secondary N) is 1. The van der Waals surface area contributed by atoms with Gasteiger partial charge in [0.1, 0.15) is 11.3 Å². The molecule has 2 rings (SSSR count). The summed E-state index contributed by atoms with van der Waals surface area (Å²) in [5.41, 5.74) is -3.85. The van der Waals surface area contributed by atoms with Crippen molar-refractivity contribution in [3.63, 3.8) is 0 Å². The summed E-state index contributed by atoms with van der Waals surface area (Å²) in [6.07, 6.45) is 0. The van der Waals surface area contributed by atoms with E-state index in [1.165, 1.54) is 6.92 Å². The molecule has 0 bridgehead atoms. The van der Waals surface area contributed by atoms with Crippen molar-refractivity contribution in [1.29, 1.82) is 0 Å². The van der Waals surface area contributed by atoms with E-state index in [1.807, 2.05) is 0 Å². The molecule has 0 spiro atoms. The predicted molar refractivity (Wildman–Crippen MR) is 68.4 cm³/mol. The number of thiol groups is 1. The molecular weight excluding hydrogens is 311 g/mol. The highest BCUT2D eigenvalue weighted by molar-refractivity contribution is 7.80. The molecule has 0 aromatic carbocycles. The van der Waals surface area contributed by atoms with E-state index in [4.69, 9.17) is 0 Å². The number of aromatic amines is 1. The number of pyridine rings is 1. The second-order valence-electron chi connectivity index (χ2n) is 3.94. The average molecular weight is 319 g/mol. The van der Waals surface area contributed by atoms with Crippen LogP contribution < -0.4 is 5.43 Å². The van der Waals surface area contributed by atoms with Crippen LogP contribution in [0, 0.1) is 17.5 Å². The van der Waals surface area contributed by atoms with Crippen molar-refractivity contribution < 1.29 is 27.8 Å². The smallest absolute Gasteiger partial charge is 0.344 e. The van der Waals surface area contributed by atoms with Crippen molar-refractivity contribution in [3.8, 4) is 17.0 Å². The van der Waals surface area contributed by atoms with Crippen LogP contribution in [0.4, 0.5) is 13.2 Å². The third-order valence-corrected chi connectivity index (χ3v) is 3.05. The SMILES string of the molecule is CCOC(=O)c1c(S)[nH]c2c(F)c(F)c(F)c(=O)c-2c1O. The minimum absolute atomic E-state index is 0.0418. The van der Waals surface area contributed by atoms with Crippen LogP contribution in [0.2, 0.25) is 0 Å². The van der Waals surface area contributed by atoms with Gasteiger partial charge in [0.25, 0.3) is 0 Å². The minimum atomic E-state index is -1.99. The van der Waals surface area contributed by atoms with Gasteiger partial charge in [0.15, 0.2) is 5.82 Å². The molecule has 0 fully saturated rings. The highest BCUT2D eigenvalue weighted by Gasteiger charge is 2.31. The molecule has 112 valence electrons. The standard InChI is InChI=1S/C12H8F3NO4S/c1-2-20-12(19)4-9(17)3-8(16-11(4)21)6(14)5(13)7(15)10(3)18/h16-17,21H,2H2,1H3. The van der Waals surface area contributed by atoms with Crippen LogP contribution in [0.5, 0.6) is 5.75 Å². The Morgan fingerprint density at radius 1 is 1.29 bits per heavy atom. The number of carbonyl (C=O) groups excluding carboxylic acids is 1. The van der Waals surface area contributed by atoms with Gasteiger partial charge in [-0.05, 0) is 6.92 Å². The molecule has 0 amide bonds. The normalized spacial score (nSPS) is 10.9. The number of aromatic nitrogens is 1. The highest BCUT2D eigenvalue weighted by Crippen LogP contribution is 2.36. The number of rotatable bonds is 2. The van der Waals surface area contributed by atoms with E-state index < -0.39 is 51.4 Å². The molecule has 0 saturated carbocycles. The number of carbonyl (C=O) groups is 1. The van der Waals surface area contributed by atoms with E-state index in [0.717, 1.165) is 0 Å². The number of hydrogen-bond acceptors (Lipinski definition) is 5. The molecule has 1 heterocycles. The molecule has 1 aliphatic carbocycles. The number of benzene rings is 1. The van der Waals surface area contributed by atoms with Gasteiger partial charge in [-0.1, -0.05) is 0 Å². The van der Waals surface area contributed by atoms with Gasteiger partial charge in [0.05, 0.1) is 22.9 Å². The van der Waals surface area contributed by atoms with Crippen molar-refractivity contribution in [2.75, 3.05) is 6.61 Å². The maximum Gasteiger partial charge on any atom is 0.344 e. The van der Waals surface area contributed by atoms with Gasteiger partial charge in [-0.25, -0.2) is 13.6 Å². The number of hydrogen-bond donors (Lipinski definition) is 3. The van der Waals surface area contributed by atoms with Gasteiger partial charge >= 0.3 is 5.97 Å². The topological polar surface area (TPSA) is 79.4 Å². The molecular formula is C12H8F3NO4S. The Labute approximate surface area is 121 Å². The van der Waals surface area contributed by atoms with Crippen LogP contribution in [0.15, 0.2) is 9.82 Å². The Bertz CT molecular complexity index is 775. The summed E-state index contributed by atoms with van der Waals surface area (Å²) in [5.74, 6) is -7.77. The summed E-state index contributed by atoms with van der Waals surface area (Å²) in [6.45, 7) is 1.45. The maximum absolute atomic E-state index is 13.6. The number of H-pyrrole nitrogens is 1. The Kier molecular flexibility index (Phi) is 3.86. The third kappa shape index (κ3) is 2.23. The first kappa shape index (κ1) is 15.2. The summed E-state index contributed by atoms with van der Waals surface area (Å²) in [7, 11) is 0. The lowest BCUT2D eigenvalue weighted by Gasteiger charge is -2.15. The largest absolute Gasteiger partial charge is 0.506 e. The van der Waals surface area contributed by atoms with Crippen LogP contribution in [0.3, 0.4) is 0 Å². The van der Waals surface area contributed by atoms with Gasteiger partial charge in [0, 0.05) is 0 Å². The van der Waals surface area contributed by atoms with Gasteiger partial charge < -0.3 is 14.8 Å². The zero-order chi connectivity index (χ0) is 15.9. The van der Waals surface area contributed by atoms with E-state index >= 15 is 0 Å². The van der Waals surface area contributed by atoms with Crippen LogP contribution >= 0.6 is 12.6 Å². The lowest BCUT2D eigenvalue weighted by molar-refractivity contribution is 0.0518. The summed E-state index contributed by atoms with van der Waals surface area (Å²) in [6, 6.07) is 0. The fourth-order valence-corrected chi connectivity index (χ4v) is 2.11. The Balaban J connectivity index is 2.93. The second kappa shape index (κ2) is 5.32. The van der Waals surface area contributed by atoms with Crippen LogP contribution in [-0.4, -0.2) is 22.7 Å². The van der Waals surface area contributed by atoms with Gasteiger partial charge in [-0.15, -0.1) is 12.6 Å². The number of aromatic hydroxyl groups is 1. The lowest BCUT2D eigenvalue weighted by Crippen LogP contribution is -2.19.